The van der Waals surface area contributed by atoms with E-state index in [1.165, 1.54) is 0 Å². The normalized spacial score (nSPS) is 26.4. The van der Waals surface area contributed by atoms with Crippen molar-refractivity contribution in [2.24, 2.45) is 0 Å². The number of methoxy groups -OCH3 is 2. The van der Waals surface area contributed by atoms with Gasteiger partial charge in [0.2, 0.25) is 0 Å². The highest BCUT2D eigenvalue weighted by Gasteiger charge is 2.32. The molecular weight excluding hydrogens is 208 g/mol. The fourth-order valence-electron chi connectivity index (χ4n) is 2.20. The highest BCUT2D eigenvalue weighted by molar-refractivity contribution is 4.98. The van der Waals surface area contributed by atoms with Crippen LogP contribution in [0.2, 0.25) is 0 Å². The number of hydrogen-bond donors (Lipinski definition) is 0. The molecule has 0 spiro atoms. The minimum Gasteiger partial charge on any atom is -0.383 e. The smallest absolute Gasteiger partial charge is 0.124 e. The van der Waals surface area contributed by atoms with Gasteiger partial charge in [-0.2, -0.15) is 0 Å². The summed E-state index contributed by atoms with van der Waals surface area (Å²) in [4.78, 5) is 2.33. The molecule has 1 aliphatic heterocycles. The Bertz CT molecular complexity index is 302. The summed E-state index contributed by atoms with van der Waals surface area (Å²) in [5, 5.41) is 3.93. The summed E-state index contributed by atoms with van der Waals surface area (Å²) in [6, 6.07) is 2.30. The largest absolute Gasteiger partial charge is 0.383 e. The molecule has 1 aromatic heterocycles. The second-order valence-corrected chi connectivity index (χ2v) is 4.12. The van der Waals surface area contributed by atoms with Crippen molar-refractivity contribution in [3.8, 4) is 0 Å². The van der Waals surface area contributed by atoms with Gasteiger partial charge in [0.1, 0.15) is 6.26 Å². The van der Waals surface area contributed by atoms with Crippen molar-refractivity contribution in [1.82, 2.24) is 10.1 Å². The molecule has 16 heavy (non-hydrogen) atoms. The zero-order valence-electron chi connectivity index (χ0n) is 9.76. The van der Waals surface area contributed by atoms with Crippen LogP contribution in [-0.2, 0) is 16.0 Å². The van der Waals surface area contributed by atoms with Crippen LogP contribution < -0.4 is 0 Å². The van der Waals surface area contributed by atoms with E-state index >= 15 is 0 Å². The molecule has 1 aromatic rings. The lowest BCUT2D eigenvalue weighted by atomic mass is 10.2. The predicted octanol–water partition coefficient (Wildman–Crippen LogP) is 0.910. The molecule has 0 N–H and O–H groups in total. The highest BCUT2D eigenvalue weighted by Crippen LogP contribution is 2.22. The van der Waals surface area contributed by atoms with E-state index in [0.717, 1.165) is 31.8 Å². The van der Waals surface area contributed by atoms with Gasteiger partial charge in [0.05, 0.1) is 18.4 Å². The molecule has 0 amide bonds. The van der Waals surface area contributed by atoms with Crippen molar-refractivity contribution in [3.05, 3.63) is 18.0 Å². The van der Waals surface area contributed by atoms with Crippen LogP contribution in [0.4, 0.5) is 0 Å². The fraction of sp³-hybridized carbons (Fsp3) is 0.727. The van der Waals surface area contributed by atoms with Gasteiger partial charge in [0, 0.05) is 39.4 Å². The summed E-state index contributed by atoms with van der Waals surface area (Å²) in [6.45, 7) is 2.46. The third-order valence-electron chi connectivity index (χ3n) is 3.04. The summed E-state index contributed by atoms with van der Waals surface area (Å²) in [6.07, 6.45) is 2.92. The minimum absolute atomic E-state index is 0.298. The first kappa shape index (κ1) is 11.6. The molecule has 0 aliphatic carbocycles. The van der Waals surface area contributed by atoms with Gasteiger partial charge in [0.25, 0.3) is 0 Å². The lowest BCUT2D eigenvalue weighted by Crippen LogP contribution is -2.32. The van der Waals surface area contributed by atoms with Crippen molar-refractivity contribution in [2.45, 2.75) is 25.1 Å². The SMILES string of the molecule is COC[C@@H]1C[C@H](OC)CN1Cc1ccon1. The number of hydrogen-bond acceptors (Lipinski definition) is 5. The molecular formula is C11H18N2O3. The van der Waals surface area contributed by atoms with Crippen LogP contribution in [0.3, 0.4) is 0 Å². The summed E-state index contributed by atoms with van der Waals surface area (Å²) in [5.41, 5.74) is 0.956. The van der Waals surface area contributed by atoms with Crippen LogP contribution in [0.25, 0.3) is 0 Å². The molecule has 2 rings (SSSR count). The van der Waals surface area contributed by atoms with Crippen LogP contribution in [0.1, 0.15) is 12.1 Å². The van der Waals surface area contributed by atoms with Gasteiger partial charge in [0.15, 0.2) is 0 Å². The Morgan fingerprint density at radius 1 is 1.56 bits per heavy atom. The number of likely N-dealkylation sites (tertiary alicyclic amines) is 1. The van der Waals surface area contributed by atoms with Gasteiger partial charge < -0.3 is 14.0 Å². The standard InChI is InChI=1S/C11H18N2O3/c1-14-8-10-5-11(15-2)7-13(10)6-9-3-4-16-12-9/h3-4,10-11H,5-8H2,1-2H3/t10-,11-/m0/s1. The van der Waals surface area contributed by atoms with E-state index in [2.05, 4.69) is 10.1 Å². The molecule has 1 fully saturated rings. The predicted molar refractivity (Wildman–Crippen MR) is 58.0 cm³/mol. The third kappa shape index (κ3) is 2.61. The second kappa shape index (κ2) is 5.43. The molecule has 2 heterocycles. The van der Waals surface area contributed by atoms with Crippen LogP contribution in [-0.4, -0.2) is 49.6 Å². The number of ether oxygens (including phenoxy) is 2. The average molecular weight is 226 g/mol. The fourth-order valence-corrected chi connectivity index (χ4v) is 2.20. The van der Waals surface area contributed by atoms with Crippen LogP contribution in [0.15, 0.2) is 16.9 Å². The van der Waals surface area contributed by atoms with Crippen molar-refractivity contribution in [1.29, 1.82) is 0 Å². The molecule has 5 heteroatoms. The maximum atomic E-state index is 5.40. The zero-order chi connectivity index (χ0) is 11.4. The Kier molecular flexibility index (Phi) is 3.93. The molecule has 5 nitrogen and oxygen atoms in total. The second-order valence-electron chi connectivity index (χ2n) is 4.12. The van der Waals surface area contributed by atoms with Gasteiger partial charge in [-0.15, -0.1) is 0 Å². The van der Waals surface area contributed by atoms with E-state index in [1.807, 2.05) is 6.07 Å². The zero-order valence-corrected chi connectivity index (χ0v) is 9.76. The monoisotopic (exact) mass is 226 g/mol. The van der Waals surface area contributed by atoms with Crippen molar-refractivity contribution in [3.63, 3.8) is 0 Å². The Morgan fingerprint density at radius 2 is 2.44 bits per heavy atom. The molecule has 0 bridgehead atoms. The van der Waals surface area contributed by atoms with E-state index in [1.54, 1.807) is 20.5 Å². The summed E-state index contributed by atoms with van der Waals surface area (Å²) in [7, 11) is 3.49. The van der Waals surface area contributed by atoms with Gasteiger partial charge in [-0.05, 0) is 6.42 Å². The molecule has 0 saturated carbocycles. The van der Waals surface area contributed by atoms with Crippen molar-refractivity contribution in [2.75, 3.05) is 27.4 Å². The first-order valence-electron chi connectivity index (χ1n) is 5.48. The minimum atomic E-state index is 0.298. The Morgan fingerprint density at radius 3 is 3.06 bits per heavy atom. The Hall–Kier alpha value is -0.910. The maximum Gasteiger partial charge on any atom is 0.124 e. The molecule has 1 saturated heterocycles. The molecule has 0 aromatic carbocycles. The maximum absolute atomic E-state index is 5.40. The number of nitrogens with zero attached hydrogens (tertiary/aromatic N) is 2. The molecule has 90 valence electrons. The molecule has 2 atom stereocenters. The Labute approximate surface area is 95.3 Å². The molecule has 0 unspecified atom stereocenters. The van der Waals surface area contributed by atoms with E-state index in [9.17, 15) is 0 Å². The van der Waals surface area contributed by atoms with E-state index in [0.29, 0.717) is 12.1 Å². The van der Waals surface area contributed by atoms with Crippen LogP contribution in [0, 0.1) is 0 Å². The van der Waals surface area contributed by atoms with Crippen LogP contribution >= 0.6 is 0 Å². The van der Waals surface area contributed by atoms with Gasteiger partial charge >= 0.3 is 0 Å². The first-order chi connectivity index (χ1) is 7.83. The lowest BCUT2D eigenvalue weighted by Gasteiger charge is -2.21. The molecule has 1 aliphatic rings. The summed E-state index contributed by atoms with van der Waals surface area (Å²) >= 11 is 0. The van der Waals surface area contributed by atoms with Crippen molar-refractivity contribution < 1.29 is 14.0 Å². The topological polar surface area (TPSA) is 47.7 Å². The Balaban J connectivity index is 1.95. The van der Waals surface area contributed by atoms with Gasteiger partial charge in [-0.3, -0.25) is 4.90 Å². The van der Waals surface area contributed by atoms with E-state index in [4.69, 9.17) is 14.0 Å². The van der Waals surface area contributed by atoms with Gasteiger partial charge in [-0.1, -0.05) is 5.16 Å². The van der Waals surface area contributed by atoms with Gasteiger partial charge in [-0.25, -0.2) is 0 Å². The average Bonchev–Trinajstić information content (AvgIpc) is 2.90. The lowest BCUT2D eigenvalue weighted by molar-refractivity contribution is 0.105. The third-order valence-corrected chi connectivity index (χ3v) is 3.04. The first-order valence-corrected chi connectivity index (χ1v) is 5.48. The summed E-state index contributed by atoms with van der Waals surface area (Å²) < 4.78 is 15.5. The van der Waals surface area contributed by atoms with E-state index in [-0.39, 0.29) is 0 Å². The highest BCUT2D eigenvalue weighted by atomic mass is 16.5. The summed E-state index contributed by atoms with van der Waals surface area (Å²) in [5.74, 6) is 0. The van der Waals surface area contributed by atoms with E-state index < -0.39 is 0 Å². The quantitative estimate of drug-likeness (QED) is 0.747. The molecule has 0 radical (unpaired) electrons. The van der Waals surface area contributed by atoms with Crippen molar-refractivity contribution >= 4 is 0 Å². The number of aromatic nitrogens is 1. The number of rotatable bonds is 5. The van der Waals surface area contributed by atoms with Crippen LogP contribution in [0.5, 0.6) is 0 Å².